The van der Waals surface area contributed by atoms with Gasteiger partial charge < -0.3 is 20.1 Å². The Morgan fingerprint density at radius 1 is 1.34 bits per heavy atom. The van der Waals surface area contributed by atoms with Crippen LogP contribution in [0.5, 0.6) is 11.5 Å². The minimum atomic E-state index is -0.267. The van der Waals surface area contributed by atoms with Gasteiger partial charge in [0.05, 0.1) is 17.0 Å². The van der Waals surface area contributed by atoms with Gasteiger partial charge in [0, 0.05) is 5.69 Å². The number of nitrogens with one attached hydrogen (secondary N) is 2. The SMILES string of the molecule is CCc1ccc(N[C@@H]2NC(=O)/C(=C/c3cc(Cl)c(OCC#N)c(OC)c3)S2)cc1. The second-order valence-electron chi connectivity index (χ2n) is 6.16. The van der Waals surface area contributed by atoms with Crippen LogP contribution in [0, 0.1) is 11.3 Å². The number of benzene rings is 2. The fourth-order valence-electron chi connectivity index (χ4n) is 2.77. The van der Waals surface area contributed by atoms with Crippen molar-refractivity contribution in [3.8, 4) is 17.6 Å². The monoisotopic (exact) mass is 429 g/mol. The molecule has 1 atom stereocenters. The highest BCUT2D eigenvalue weighted by Crippen LogP contribution is 2.38. The van der Waals surface area contributed by atoms with Gasteiger partial charge in [-0.15, -0.1) is 0 Å². The van der Waals surface area contributed by atoms with Gasteiger partial charge in [0.15, 0.2) is 23.6 Å². The van der Waals surface area contributed by atoms with Crippen molar-refractivity contribution >= 4 is 41.0 Å². The van der Waals surface area contributed by atoms with E-state index >= 15 is 0 Å². The first-order valence-corrected chi connectivity index (χ1v) is 10.2. The van der Waals surface area contributed by atoms with Crippen LogP contribution < -0.4 is 20.1 Å². The highest BCUT2D eigenvalue weighted by molar-refractivity contribution is 8.05. The molecule has 0 spiro atoms. The average Bonchev–Trinajstić information content (AvgIpc) is 3.06. The fraction of sp³-hybridized carbons (Fsp3) is 0.238. The van der Waals surface area contributed by atoms with E-state index in [0.717, 1.165) is 12.1 Å². The molecule has 6 nitrogen and oxygen atoms in total. The Balaban J connectivity index is 1.75. The highest BCUT2D eigenvalue weighted by atomic mass is 35.5. The first kappa shape index (κ1) is 20.9. The van der Waals surface area contributed by atoms with E-state index in [4.69, 9.17) is 26.3 Å². The first-order chi connectivity index (χ1) is 14.0. The molecule has 1 saturated heterocycles. The van der Waals surface area contributed by atoms with Crippen LogP contribution in [-0.2, 0) is 11.2 Å². The molecule has 3 rings (SSSR count). The van der Waals surface area contributed by atoms with Gasteiger partial charge in [-0.1, -0.05) is 42.4 Å². The summed E-state index contributed by atoms with van der Waals surface area (Å²) >= 11 is 7.66. The molecule has 150 valence electrons. The molecule has 8 heteroatoms. The van der Waals surface area contributed by atoms with Crippen LogP contribution in [0.15, 0.2) is 41.3 Å². The van der Waals surface area contributed by atoms with Crippen LogP contribution in [0.2, 0.25) is 5.02 Å². The number of nitriles is 1. The van der Waals surface area contributed by atoms with E-state index in [0.29, 0.717) is 27.0 Å². The highest BCUT2D eigenvalue weighted by Gasteiger charge is 2.27. The zero-order chi connectivity index (χ0) is 20.8. The number of amides is 1. The smallest absolute Gasteiger partial charge is 0.260 e. The number of halogens is 1. The summed E-state index contributed by atoms with van der Waals surface area (Å²) in [5.41, 5.74) is 2.62. The number of hydrogen-bond donors (Lipinski definition) is 2. The molecule has 1 aliphatic heterocycles. The maximum absolute atomic E-state index is 12.4. The van der Waals surface area contributed by atoms with Gasteiger partial charge in [-0.25, -0.2) is 0 Å². The summed E-state index contributed by atoms with van der Waals surface area (Å²) in [4.78, 5) is 12.9. The Labute approximate surface area is 178 Å². The zero-order valence-electron chi connectivity index (χ0n) is 16.0. The maximum atomic E-state index is 12.4. The Bertz CT molecular complexity index is 970. The van der Waals surface area contributed by atoms with Gasteiger partial charge in [0.2, 0.25) is 0 Å². The molecular formula is C21H20ClN3O3S. The van der Waals surface area contributed by atoms with E-state index < -0.39 is 0 Å². The fourth-order valence-corrected chi connectivity index (χ4v) is 4.03. The van der Waals surface area contributed by atoms with Crippen molar-refractivity contribution in [3.63, 3.8) is 0 Å². The lowest BCUT2D eigenvalue weighted by atomic mass is 10.1. The number of rotatable bonds is 7. The van der Waals surface area contributed by atoms with Gasteiger partial charge in [-0.2, -0.15) is 5.26 Å². The van der Waals surface area contributed by atoms with Crippen LogP contribution in [0.4, 0.5) is 5.69 Å². The Kier molecular flexibility index (Phi) is 6.91. The first-order valence-electron chi connectivity index (χ1n) is 8.96. The van der Waals surface area contributed by atoms with Crippen molar-refractivity contribution in [1.82, 2.24) is 5.32 Å². The van der Waals surface area contributed by atoms with Gasteiger partial charge in [0.25, 0.3) is 5.91 Å². The van der Waals surface area contributed by atoms with Gasteiger partial charge >= 0.3 is 0 Å². The third-order valence-electron chi connectivity index (χ3n) is 4.22. The quantitative estimate of drug-likeness (QED) is 0.634. The van der Waals surface area contributed by atoms with Gasteiger partial charge in [-0.3, -0.25) is 4.79 Å². The number of ether oxygens (including phenoxy) is 2. The Hall–Kier alpha value is -2.82. The van der Waals surface area contributed by atoms with Crippen LogP contribution in [-0.4, -0.2) is 25.1 Å². The third-order valence-corrected chi connectivity index (χ3v) is 5.53. The molecule has 1 fully saturated rings. The molecule has 0 unspecified atom stereocenters. The molecule has 0 radical (unpaired) electrons. The van der Waals surface area contributed by atoms with E-state index in [1.54, 1.807) is 18.2 Å². The Morgan fingerprint density at radius 3 is 2.76 bits per heavy atom. The molecule has 2 N–H and O–H groups in total. The van der Waals surface area contributed by atoms with Crippen LogP contribution >= 0.6 is 23.4 Å². The van der Waals surface area contributed by atoms with E-state index in [1.165, 1.54) is 24.4 Å². The summed E-state index contributed by atoms with van der Waals surface area (Å²) < 4.78 is 10.6. The maximum Gasteiger partial charge on any atom is 0.260 e. The lowest BCUT2D eigenvalue weighted by molar-refractivity contribution is -0.116. The van der Waals surface area contributed by atoms with E-state index in [1.807, 2.05) is 18.2 Å². The molecule has 0 aromatic heterocycles. The normalized spacial score (nSPS) is 17.0. The summed E-state index contributed by atoms with van der Waals surface area (Å²) in [6, 6.07) is 13.4. The molecular weight excluding hydrogens is 410 g/mol. The van der Waals surface area contributed by atoms with Crippen molar-refractivity contribution in [2.45, 2.75) is 18.8 Å². The van der Waals surface area contributed by atoms with Gasteiger partial charge in [0.1, 0.15) is 6.07 Å². The molecule has 29 heavy (non-hydrogen) atoms. The molecule has 0 bridgehead atoms. The molecule has 1 aliphatic rings. The predicted molar refractivity (Wildman–Crippen MR) is 116 cm³/mol. The zero-order valence-corrected chi connectivity index (χ0v) is 17.6. The van der Waals surface area contributed by atoms with E-state index in [-0.39, 0.29) is 18.0 Å². The second-order valence-corrected chi connectivity index (χ2v) is 7.71. The van der Waals surface area contributed by atoms with E-state index in [9.17, 15) is 4.79 Å². The molecule has 0 aliphatic carbocycles. The summed E-state index contributed by atoms with van der Waals surface area (Å²) in [7, 11) is 1.49. The Morgan fingerprint density at radius 2 is 2.10 bits per heavy atom. The van der Waals surface area contributed by atoms with Crippen LogP contribution in [0.25, 0.3) is 6.08 Å². The summed E-state index contributed by atoms with van der Waals surface area (Å²) in [5, 5.41) is 15.2. The molecule has 1 amide bonds. The van der Waals surface area contributed by atoms with Crippen molar-refractivity contribution in [2.24, 2.45) is 0 Å². The van der Waals surface area contributed by atoms with E-state index in [2.05, 4.69) is 29.7 Å². The summed E-state index contributed by atoms with van der Waals surface area (Å²) in [6.45, 7) is 1.97. The molecule has 0 saturated carbocycles. The van der Waals surface area contributed by atoms with Gasteiger partial charge in [-0.05, 0) is 47.9 Å². The van der Waals surface area contributed by atoms with Crippen LogP contribution in [0.1, 0.15) is 18.1 Å². The average molecular weight is 430 g/mol. The number of methoxy groups -OCH3 is 1. The number of hydrogen-bond acceptors (Lipinski definition) is 6. The topological polar surface area (TPSA) is 83.4 Å². The minimum Gasteiger partial charge on any atom is -0.493 e. The number of carbonyl (C=O) groups is 1. The van der Waals surface area contributed by atoms with Crippen molar-refractivity contribution < 1.29 is 14.3 Å². The third kappa shape index (κ3) is 5.17. The largest absolute Gasteiger partial charge is 0.493 e. The second kappa shape index (κ2) is 9.59. The molecule has 2 aromatic carbocycles. The lowest BCUT2D eigenvalue weighted by Crippen LogP contribution is -2.30. The van der Waals surface area contributed by atoms with Crippen LogP contribution in [0.3, 0.4) is 0 Å². The summed E-state index contributed by atoms with van der Waals surface area (Å²) in [6.07, 6.45) is 2.72. The predicted octanol–water partition coefficient (Wildman–Crippen LogP) is 4.41. The number of nitrogens with zero attached hydrogens (tertiary/aromatic N) is 1. The molecule has 2 aromatic rings. The lowest BCUT2D eigenvalue weighted by Gasteiger charge is -2.13. The standard InChI is InChI=1S/C21H20ClN3O3S/c1-3-13-4-6-15(7-5-13)24-21-25-20(26)18(29-21)12-14-10-16(22)19(28-9-8-23)17(11-14)27-2/h4-7,10-12,21,24H,3,9H2,1-2H3,(H,25,26)/b18-12-/t21-/m1/s1. The van der Waals surface area contributed by atoms with Crippen molar-refractivity contribution in [1.29, 1.82) is 5.26 Å². The molecule has 1 heterocycles. The number of thioether (sulfide) groups is 1. The number of carbonyl (C=O) groups excluding carboxylic acids is 1. The van der Waals surface area contributed by atoms with Crippen molar-refractivity contribution in [3.05, 3.63) is 57.5 Å². The minimum absolute atomic E-state index is 0.138. The van der Waals surface area contributed by atoms with Crippen molar-refractivity contribution in [2.75, 3.05) is 19.0 Å². The summed E-state index contributed by atoms with van der Waals surface area (Å²) in [5.74, 6) is 0.530. The number of aryl methyl sites for hydroxylation is 1. The number of anilines is 1.